The maximum Gasteiger partial charge on any atom is 0.283 e. The van der Waals surface area contributed by atoms with Gasteiger partial charge in [-0.05, 0) is 36.4 Å². The van der Waals surface area contributed by atoms with E-state index in [1.165, 1.54) is 24.1 Å². The van der Waals surface area contributed by atoms with Crippen molar-refractivity contribution in [2.75, 3.05) is 7.05 Å². The number of hydrogen-bond donors (Lipinski definition) is 0. The Morgan fingerprint density at radius 2 is 1.85 bits per heavy atom. The summed E-state index contributed by atoms with van der Waals surface area (Å²) in [6.07, 6.45) is 0. The number of carbonyl (C=O) groups excluding carboxylic acids is 1. The first kappa shape index (κ1) is 18.8. The van der Waals surface area contributed by atoms with Crippen LogP contribution in [0.15, 0.2) is 47.0 Å². The highest BCUT2D eigenvalue weighted by Crippen LogP contribution is 2.25. The zero-order valence-corrected chi connectivity index (χ0v) is 15.4. The van der Waals surface area contributed by atoms with Gasteiger partial charge in [-0.2, -0.15) is 4.98 Å². The number of carbonyl (C=O) groups is 1. The Morgan fingerprint density at radius 3 is 2.52 bits per heavy atom. The van der Waals surface area contributed by atoms with Gasteiger partial charge in [-0.3, -0.25) is 14.9 Å². The van der Waals surface area contributed by atoms with Gasteiger partial charge < -0.3 is 9.42 Å². The molecule has 2 aromatic carbocycles. The van der Waals surface area contributed by atoms with Crippen LogP contribution in [-0.2, 0) is 6.54 Å². The minimum Gasteiger partial charge on any atom is -0.337 e. The SMILES string of the molecule is CN(Cc1nc(-c2ccc(Cl)cc2)no1)C(=O)c1ccc(Cl)cc1[N+](=O)[O-]. The number of hydrogen-bond acceptors (Lipinski definition) is 6. The van der Waals surface area contributed by atoms with E-state index in [9.17, 15) is 14.9 Å². The molecule has 10 heteroatoms. The van der Waals surface area contributed by atoms with Crippen molar-refractivity contribution in [2.45, 2.75) is 6.54 Å². The van der Waals surface area contributed by atoms with E-state index >= 15 is 0 Å². The van der Waals surface area contributed by atoms with E-state index in [1.54, 1.807) is 24.3 Å². The van der Waals surface area contributed by atoms with E-state index in [4.69, 9.17) is 27.7 Å². The molecule has 0 N–H and O–H groups in total. The molecular formula is C17H12Cl2N4O4. The van der Waals surface area contributed by atoms with Gasteiger partial charge in [0.15, 0.2) is 0 Å². The molecule has 138 valence electrons. The lowest BCUT2D eigenvalue weighted by Crippen LogP contribution is -2.27. The summed E-state index contributed by atoms with van der Waals surface area (Å²) in [6.45, 7) is -0.0147. The van der Waals surface area contributed by atoms with Crippen molar-refractivity contribution in [3.8, 4) is 11.4 Å². The van der Waals surface area contributed by atoms with E-state index in [0.29, 0.717) is 16.4 Å². The van der Waals surface area contributed by atoms with Crippen molar-refractivity contribution in [3.63, 3.8) is 0 Å². The molecule has 0 saturated heterocycles. The van der Waals surface area contributed by atoms with Gasteiger partial charge >= 0.3 is 0 Å². The van der Waals surface area contributed by atoms with E-state index in [-0.39, 0.29) is 28.7 Å². The van der Waals surface area contributed by atoms with Crippen LogP contribution in [0.5, 0.6) is 0 Å². The summed E-state index contributed by atoms with van der Waals surface area (Å²) in [5, 5.41) is 15.8. The van der Waals surface area contributed by atoms with Crippen LogP contribution in [0, 0.1) is 10.1 Å². The molecule has 3 rings (SSSR count). The molecule has 0 atom stereocenters. The highest BCUT2D eigenvalue weighted by atomic mass is 35.5. The number of amides is 1. The standard InChI is InChI=1S/C17H12Cl2N4O4/c1-22(17(24)13-7-6-12(19)8-14(13)23(25)26)9-15-20-16(21-27-15)10-2-4-11(18)5-3-10/h2-8H,9H2,1H3. The molecule has 0 aliphatic carbocycles. The van der Waals surface area contributed by atoms with Crippen LogP contribution in [0.2, 0.25) is 10.0 Å². The fourth-order valence-corrected chi connectivity index (χ4v) is 2.64. The second kappa shape index (κ2) is 7.73. The summed E-state index contributed by atoms with van der Waals surface area (Å²) >= 11 is 11.6. The second-order valence-electron chi connectivity index (χ2n) is 5.60. The Labute approximate surface area is 163 Å². The lowest BCUT2D eigenvalue weighted by atomic mass is 10.1. The van der Waals surface area contributed by atoms with Gasteiger partial charge in [-0.1, -0.05) is 28.4 Å². The van der Waals surface area contributed by atoms with Crippen molar-refractivity contribution in [2.24, 2.45) is 0 Å². The zero-order chi connectivity index (χ0) is 19.6. The Kier molecular flexibility index (Phi) is 5.38. The van der Waals surface area contributed by atoms with Gasteiger partial charge in [0.05, 0.1) is 4.92 Å². The maximum atomic E-state index is 12.6. The summed E-state index contributed by atoms with van der Waals surface area (Å²) < 4.78 is 5.16. The molecule has 1 amide bonds. The molecule has 0 fully saturated rings. The van der Waals surface area contributed by atoms with Crippen LogP contribution in [0.25, 0.3) is 11.4 Å². The average molecular weight is 407 g/mol. The van der Waals surface area contributed by atoms with E-state index in [0.717, 1.165) is 6.07 Å². The summed E-state index contributed by atoms with van der Waals surface area (Å²) in [5.41, 5.74) is 0.257. The Hall–Kier alpha value is -2.97. The maximum absolute atomic E-state index is 12.6. The lowest BCUT2D eigenvalue weighted by molar-refractivity contribution is -0.385. The summed E-state index contributed by atoms with van der Waals surface area (Å²) in [6, 6.07) is 10.7. The van der Waals surface area contributed by atoms with Crippen LogP contribution in [0.3, 0.4) is 0 Å². The molecule has 1 heterocycles. The third kappa shape index (κ3) is 4.24. The second-order valence-corrected chi connectivity index (χ2v) is 6.47. The minimum atomic E-state index is -0.654. The fourth-order valence-electron chi connectivity index (χ4n) is 2.35. The number of aromatic nitrogens is 2. The average Bonchev–Trinajstić information content (AvgIpc) is 3.10. The largest absolute Gasteiger partial charge is 0.337 e. The number of rotatable bonds is 5. The Balaban J connectivity index is 1.78. The minimum absolute atomic E-state index is 0.0147. The Morgan fingerprint density at radius 1 is 1.19 bits per heavy atom. The zero-order valence-electron chi connectivity index (χ0n) is 13.9. The van der Waals surface area contributed by atoms with Gasteiger partial charge in [0.1, 0.15) is 12.1 Å². The van der Waals surface area contributed by atoms with Gasteiger partial charge in [0, 0.05) is 28.7 Å². The monoisotopic (exact) mass is 406 g/mol. The molecule has 8 nitrogen and oxygen atoms in total. The van der Waals surface area contributed by atoms with Gasteiger partial charge in [0.2, 0.25) is 11.7 Å². The smallest absolute Gasteiger partial charge is 0.283 e. The molecule has 0 bridgehead atoms. The van der Waals surface area contributed by atoms with Gasteiger partial charge in [-0.25, -0.2) is 0 Å². The predicted octanol–water partition coefficient (Wildman–Crippen LogP) is 4.22. The van der Waals surface area contributed by atoms with Crippen LogP contribution in [0.4, 0.5) is 5.69 Å². The lowest BCUT2D eigenvalue weighted by Gasteiger charge is -2.14. The highest BCUT2D eigenvalue weighted by molar-refractivity contribution is 6.31. The molecule has 0 unspecified atom stereocenters. The first-order valence-electron chi connectivity index (χ1n) is 7.63. The van der Waals surface area contributed by atoms with E-state index in [2.05, 4.69) is 10.1 Å². The third-order valence-electron chi connectivity index (χ3n) is 3.68. The van der Waals surface area contributed by atoms with Crippen LogP contribution in [0.1, 0.15) is 16.2 Å². The molecule has 27 heavy (non-hydrogen) atoms. The number of nitrogens with zero attached hydrogens (tertiary/aromatic N) is 4. The Bertz CT molecular complexity index is 1000. The first-order chi connectivity index (χ1) is 12.8. The summed E-state index contributed by atoms with van der Waals surface area (Å²) in [4.78, 5) is 28.6. The highest BCUT2D eigenvalue weighted by Gasteiger charge is 2.24. The number of nitro groups is 1. The molecule has 0 saturated carbocycles. The molecule has 0 spiro atoms. The fraction of sp³-hybridized carbons (Fsp3) is 0.118. The van der Waals surface area contributed by atoms with Crippen LogP contribution < -0.4 is 0 Å². The van der Waals surface area contributed by atoms with Crippen molar-refractivity contribution >= 4 is 34.8 Å². The molecular weight excluding hydrogens is 395 g/mol. The molecule has 0 aliphatic heterocycles. The first-order valence-corrected chi connectivity index (χ1v) is 8.38. The predicted molar refractivity (Wildman–Crippen MR) is 98.6 cm³/mol. The molecule has 0 radical (unpaired) electrons. The van der Waals surface area contributed by atoms with Crippen molar-refractivity contribution in [1.29, 1.82) is 0 Å². The normalized spacial score (nSPS) is 10.6. The van der Waals surface area contributed by atoms with Crippen molar-refractivity contribution < 1.29 is 14.2 Å². The van der Waals surface area contributed by atoms with Crippen LogP contribution >= 0.6 is 23.2 Å². The van der Waals surface area contributed by atoms with E-state index in [1.807, 2.05) is 0 Å². The number of halogens is 2. The topological polar surface area (TPSA) is 102 Å². The number of nitro benzene ring substituents is 1. The third-order valence-corrected chi connectivity index (χ3v) is 4.16. The van der Waals surface area contributed by atoms with Crippen molar-refractivity contribution in [3.05, 3.63) is 74.1 Å². The number of benzene rings is 2. The molecule has 1 aromatic heterocycles. The summed E-state index contributed by atoms with van der Waals surface area (Å²) in [5.74, 6) is -0.0305. The molecule has 3 aromatic rings. The van der Waals surface area contributed by atoms with Gasteiger partial charge in [0.25, 0.3) is 11.6 Å². The summed E-state index contributed by atoms with van der Waals surface area (Å²) in [7, 11) is 1.48. The van der Waals surface area contributed by atoms with E-state index < -0.39 is 10.8 Å². The van der Waals surface area contributed by atoms with Crippen LogP contribution in [-0.4, -0.2) is 32.9 Å². The quantitative estimate of drug-likeness (QED) is 0.464. The van der Waals surface area contributed by atoms with Crippen molar-refractivity contribution in [1.82, 2.24) is 15.0 Å². The van der Waals surface area contributed by atoms with Gasteiger partial charge in [-0.15, -0.1) is 0 Å². The molecule has 0 aliphatic rings.